The Kier molecular flexibility index (Phi) is 4.28. The van der Waals surface area contributed by atoms with Crippen molar-refractivity contribution in [2.24, 2.45) is 17.8 Å². The lowest BCUT2D eigenvalue weighted by molar-refractivity contribution is -0.135. The number of amides is 1. The summed E-state index contributed by atoms with van der Waals surface area (Å²) in [6, 6.07) is 0. The highest BCUT2D eigenvalue weighted by atomic mass is 79.9. The number of halogens is 1. The van der Waals surface area contributed by atoms with E-state index < -0.39 is 0 Å². The molecule has 2 aliphatic rings. The van der Waals surface area contributed by atoms with Gasteiger partial charge in [-0.2, -0.15) is 0 Å². The van der Waals surface area contributed by atoms with Gasteiger partial charge < -0.3 is 4.90 Å². The molecule has 2 rings (SSSR count). The van der Waals surface area contributed by atoms with Crippen molar-refractivity contribution in [2.75, 3.05) is 18.4 Å². The smallest absolute Gasteiger partial charge is 0.225 e. The summed E-state index contributed by atoms with van der Waals surface area (Å²) in [7, 11) is 0. The third-order valence-electron chi connectivity index (χ3n) is 4.29. The van der Waals surface area contributed by atoms with Crippen molar-refractivity contribution in [3.8, 4) is 0 Å². The van der Waals surface area contributed by atoms with Crippen LogP contribution in [-0.2, 0) is 4.79 Å². The molecule has 0 aromatic heterocycles. The highest BCUT2D eigenvalue weighted by Gasteiger charge is 2.35. The molecule has 3 unspecified atom stereocenters. The molecule has 1 amide bonds. The van der Waals surface area contributed by atoms with Crippen LogP contribution in [0, 0.1) is 17.8 Å². The number of hydrogen-bond acceptors (Lipinski definition) is 1. The van der Waals surface area contributed by atoms with Crippen LogP contribution in [0.1, 0.15) is 39.0 Å². The van der Waals surface area contributed by atoms with E-state index in [2.05, 4.69) is 27.8 Å². The Morgan fingerprint density at radius 1 is 1.38 bits per heavy atom. The molecule has 0 radical (unpaired) electrons. The van der Waals surface area contributed by atoms with Gasteiger partial charge in [0.15, 0.2) is 0 Å². The Labute approximate surface area is 107 Å². The molecule has 0 bridgehead atoms. The van der Waals surface area contributed by atoms with Gasteiger partial charge >= 0.3 is 0 Å². The van der Waals surface area contributed by atoms with E-state index in [1.54, 1.807) is 0 Å². The molecule has 0 N–H and O–H groups in total. The third-order valence-corrected chi connectivity index (χ3v) is 4.75. The molecule has 1 aliphatic carbocycles. The van der Waals surface area contributed by atoms with E-state index in [4.69, 9.17) is 0 Å². The first kappa shape index (κ1) is 12.4. The van der Waals surface area contributed by atoms with Gasteiger partial charge in [-0.1, -0.05) is 29.3 Å². The van der Waals surface area contributed by atoms with Gasteiger partial charge in [0, 0.05) is 24.3 Å². The molecule has 1 saturated carbocycles. The summed E-state index contributed by atoms with van der Waals surface area (Å²) in [4.78, 5) is 14.4. The highest BCUT2D eigenvalue weighted by molar-refractivity contribution is 9.09. The van der Waals surface area contributed by atoms with E-state index in [1.807, 2.05) is 0 Å². The van der Waals surface area contributed by atoms with Crippen LogP contribution >= 0.6 is 15.9 Å². The first-order valence-corrected chi connectivity index (χ1v) is 7.69. The average Bonchev–Trinajstić information content (AvgIpc) is 2.87. The fraction of sp³-hybridized carbons (Fsp3) is 0.923. The molecule has 0 aromatic carbocycles. The third kappa shape index (κ3) is 2.61. The summed E-state index contributed by atoms with van der Waals surface area (Å²) < 4.78 is 0. The highest BCUT2D eigenvalue weighted by Crippen LogP contribution is 2.34. The van der Waals surface area contributed by atoms with E-state index in [0.717, 1.165) is 30.8 Å². The second-order valence-corrected chi connectivity index (χ2v) is 6.22. The largest absolute Gasteiger partial charge is 0.342 e. The number of carbonyl (C=O) groups is 1. The number of nitrogens with zero attached hydrogens (tertiary/aromatic N) is 1. The molecule has 92 valence electrons. The van der Waals surface area contributed by atoms with E-state index in [0.29, 0.717) is 17.7 Å². The van der Waals surface area contributed by atoms with E-state index in [-0.39, 0.29) is 0 Å². The van der Waals surface area contributed by atoms with Crippen molar-refractivity contribution >= 4 is 21.8 Å². The first-order chi connectivity index (χ1) is 7.72. The molecule has 0 spiro atoms. The summed E-state index contributed by atoms with van der Waals surface area (Å²) in [5, 5.41) is 1.07. The minimum atomic E-state index is 0.336. The maximum Gasteiger partial charge on any atom is 0.225 e. The van der Waals surface area contributed by atoms with Crippen LogP contribution in [0.25, 0.3) is 0 Å². The second kappa shape index (κ2) is 5.52. The van der Waals surface area contributed by atoms with Crippen molar-refractivity contribution in [2.45, 2.75) is 39.0 Å². The van der Waals surface area contributed by atoms with Crippen LogP contribution in [0.5, 0.6) is 0 Å². The standard InChI is InChI=1S/C13H22BrNO/c1-10-3-2-4-12(10)13(16)15-8-6-11(9-15)5-7-14/h10-12H,2-9H2,1H3. The van der Waals surface area contributed by atoms with Gasteiger partial charge in [0.2, 0.25) is 5.91 Å². The molecule has 1 heterocycles. The van der Waals surface area contributed by atoms with Crippen LogP contribution < -0.4 is 0 Å². The molecule has 16 heavy (non-hydrogen) atoms. The zero-order valence-corrected chi connectivity index (χ0v) is 11.7. The van der Waals surface area contributed by atoms with Crippen molar-refractivity contribution in [3.05, 3.63) is 0 Å². The van der Waals surface area contributed by atoms with Gasteiger partial charge in [0.1, 0.15) is 0 Å². The Hall–Kier alpha value is -0.0500. The Morgan fingerprint density at radius 2 is 2.19 bits per heavy atom. The zero-order chi connectivity index (χ0) is 11.5. The first-order valence-electron chi connectivity index (χ1n) is 6.57. The quantitative estimate of drug-likeness (QED) is 0.731. The molecule has 3 atom stereocenters. The minimum absolute atomic E-state index is 0.336. The SMILES string of the molecule is CC1CCCC1C(=O)N1CCC(CCBr)C1. The number of hydrogen-bond donors (Lipinski definition) is 0. The fourth-order valence-corrected chi connectivity index (χ4v) is 3.82. The van der Waals surface area contributed by atoms with Gasteiger partial charge in [0.05, 0.1) is 0 Å². The molecule has 2 fully saturated rings. The van der Waals surface area contributed by atoms with Gasteiger partial charge in [0.25, 0.3) is 0 Å². The molecule has 3 heteroatoms. The van der Waals surface area contributed by atoms with Crippen molar-refractivity contribution in [1.82, 2.24) is 4.90 Å². The number of alkyl halides is 1. The molecule has 1 saturated heterocycles. The summed E-state index contributed by atoms with van der Waals surface area (Å²) in [5.41, 5.74) is 0. The Bertz CT molecular complexity index is 256. The average molecular weight is 288 g/mol. The van der Waals surface area contributed by atoms with Gasteiger partial charge in [-0.15, -0.1) is 0 Å². The van der Waals surface area contributed by atoms with Crippen LogP contribution in [0.15, 0.2) is 0 Å². The summed E-state index contributed by atoms with van der Waals surface area (Å²) in [5.74, 6) is 2.13. The summed E-state index contributed by atoms with van der Waals surface area (Å²) in [6.07, 6.45) is 6.04. The number of likely N-dealkylation sites (tertiary alicyclic amines) is 1. The van der Waals surface area contributed by atoms with Crippen LogP contribution in [0.4, 0.5) is 0 Å². The second-order valence-electron chi connectivity index (χ2n) is 5.43. The van der Waals surface area contributed by atoms with Gasteiger partial charge in [-0.25, -0.2) is 0 Å². The molecule has 1 aliphatic heterocycles. The topological polar surface area (TPSA) is 20.3 Å². The predicted octanol–water partition coefficient (Wildman–Crippen LogP) is 3.06. The minimum Gasteiger partial charge on any atom is -0.342 e. The molecular formula is C13H22BrNO. The normalized spacial score (nSPS) is 34.6. The van der Waals surface area contributed by atoms with Gasteiger partial charge in [-0.3, -0.25) is 4.79 Å². The lowest BCUT2D eigenvalue weighted by Crippen LogP contribution is -2.35. The van der Waals surface area contributed by atoms with Crippen LogP contribution in [0.2, 0.25) is 0 Å². The maximum absolute atomic E-state index is 12.3. The summed E-state index contributed by atoms with van der Waals surface area (Å²) >= 11 is 3.49. The van der Waals surface area contributed by atoms with Crippen LogP contribution in [-0.4, -0.2) is 29.2 Å². The zero-order valence-electron chi connectivity index (χ0n) is 10.1. The lowest BCUT2D eigenvalue weighted by Gasteiger charge is -2.23. The van der Waals surface area contributed by atoms with E-state index >= 15 is 0 Å². The summed E-state index contributed by atoms with van der Waals surface area (Å²) in [6.45, 7) is 4.25. The molecule has 0 aromatic rings. The maximum atomic E-state index is 12.3. The number of carbonyl (C=O) groups excluding carboxylic acids is 1. The Balaban J connectivity index is 1.86. The van der Waals surface area contributed by atoms with Crippen LogP contribution in [0.3, 0.4) is 0 Å². The van der Waals surface area contributed by atoms with Crippen molar-refractivity contribution < 1.29 is 4.79 Å². The monoisotopic (exact) mass is 287 g/mol. The van der Waals surface area contributed by atoms with E-state index in [9.17, 15) is 4.79 Å². The van der Waals surface area contributed by atoms with Gasteiger partial charge in [-0.05, 0) is 37.5 Å². The molecule has 2 nitrogen and oxygen atoms in total. The lowest BCUT2D eigenvalue weighted by atomic mass is 9.97. The Morgan fingerprint density at radius 3 is 2.81 bits per heavy atom. The fourth-order valence-electron chi connectivity index (χ4n) is 3.17. The van der Waals surface area contributed by atoms with Crippen molar-refractivity contribution in [1.29, 1.82) is 0 Å². The predicted molar refractivity (Wildman–Crippen MR) is 69.6 cm³/mol. The number of rotatable bonds is 3. The van der Waals surface area contributed by atoms with Crippen molar-refractivity contribution in [3.63, 3.8) is 0 Å². The van der Waals surface area contributed by atoms with E-state index in [1.165, 1.54) is 25.7 Å². The molecular weight excluding hydrogens is 266 g/mol.